The molecule has 150 valence electrons. The summed E-state index contributed by atoms with van der Waals surface area (Å²) in [7, 11) is 2.93. The average molecular weight is 409 g/mol. The van der Waals surface area contributed by atoms with Gasteiger partial charge in [0.05, 0.1) is 25.3 Å². The number of anilines is 1. The Balaban J connectivity index is 2.09. The van der Waals surface area contributed by atoms with E-state index in [2.05, 4.69) is 5.32 Å². The Morgan fingerprint density at radius 1 is 1.25 bits per heavy atom. The van der Waals surface area contributed by atoms with E-state index in [4.69, 9.17) is 21.1 Å². The SMILES string of the molecule is CCCOc1c(Cl)cc(C(=O)N(C)CC(=O)Nc2cccc(F)c2)cc1OC. The van der Waals surface area contributed by atoms with Crippen molar-refractivity contribution < 1.29 is 23.5 Å². The van der Waals surface area contributed by atoms with Crippen molar-refractivity contribution in [2.24, 2.45) is 0 Å². The molecule has 1 N–H and O–H groups in total. The second-order valence-electron chi connectivity index (χ2n) is 6.06. The van der Waals surface area contributed by atoms with Crippen LogP contribution in [0.2, 0.25) is 5.02 Å². The minimum absolute atomic E-state index is 0.219. The number of benzene rings is 2. The molecule has 0 saturated carbocycles. The monoisotopic (exact) mass is 408 g/mol. The third-order valence-electron chi connectivity index (χ3n) is 3.76. The molecule has 0 aliphatic carbocycles. The lowest BCUT2D eigenvalue weighted by Gasteiger charge is -2.19. The van der Waals surface area contributed by atoms with Crippen molar-refractivity contribution in [1.29, 1.82) is 0 Å². The van der Waals surface area contributed by atoms with Crippen molar-refractivity contribution in [2.45, 2.75) is 13.3 Å². The minimum atomic E-state index is -0.464. The summed E-state index contributed by atoms with van der Waals surface area (Å²) in [6.07, 6.45) is 0.795. The molecule has 0 radical (unpaired) electrons. The highest BCUT2D eigenvalue weighted by molar-refractivity contribution is 6.32. The lowest BCUT2D eigenvalue weighted by molar-refractivity contribution is -0.116. The van der Waals surface area contributed by atoms with E-state index < -0.39 is 17.6 Å². The number of carbonyl (C=O) groups is 2. The first-order valence-electron chi connectivity index (χ1n) is 8.67. The van der Waals surface area contributed by atoms with Crippen LogP contribution < -0.4 is 14.8 Å². The van der Waals surface area contributed by atoms with Gasteiger partial charge in [0.2, 0.25) is 5.91 Å². The summed E-state index contributed by atoms with van der Waals surface area (Å²) >= 11 is 6.24. The number of ether oxygens (including phenoxy) is 2. The molecule has 0 aliphatic heterocycles. The molecule has 0 aromatic heterocycles. The van der Waals surface area contributed by atoms with Crippen molar-refractivity contribution in [3.8, 4) is 11.5 Å². The van der Waals surface area contributed by atoms with Gasteiger partial charge in [-0.15, -0.1) is 0 Å². The standard InChI is InChI=1S/C20H22ClFN2O4/c1-4-8-28-19-16(21)9-13(10-17(19)27-3)20(26)24(2)12-18(25)23-15-7-5-6-14(22)11-15/h5-7,9-11H,4,8,12H2,1-3H3,(H,23,25). The molecule has 0 aliphatic rings. The third kappa shape index (κ3) is 5.60. The van der Waals surface area contributed by atoms with Gasteiger partial charge in [-0.2, -0.15) is 0 Å². The molecule has 2 aromatic carbocycles. The second kappa shape index (κ2) is 9.94. The Morgan fingerprint density at radius 3 is 2.64 bits per heavy atom. The van der Waals surface area contributed by atoms with Crippen LogP contribution in [0.15, 0.2) is 36.4 Å². The van der Waals surface area contributed by atoms with Crippen LogP contribution in [0.4, 0.5) is 10.1 Å². The summed E-state index contributed by atoms with van der Waals surface area (Å²) < 4.78 is 24.0. The first-order chi connectivity index (χ1) is 13.3. The van der Waals surface area contributed by atoms with Gasteiger partial charge in [0.1, 0.15) is 5.82 Å². The van der Waals surface area contributed by atoms with Gasteiger partial charge in [-0.25, -0.2) is 4.39 Å². The van der Waals surface area contributed by atoms with Crippen LogP contribution in [0.1, 0.15) is 23.7 Å². The average Bonchev–Trinajstić information content (AvgIpc) is 2.65. The van der Waals surface area contributed by atoms with Crippen molar-refractivity contribution in [2.75, 3.05) is 32.6 Å². The summed E-state index contributed by atoms with van der Waals surface area (Å²) in [6.45, 7) is 2.20. The molecule has 8 heteroatoms. The highest BCUT2D eigenvalue weighted by Gasteiger charge is 2.20. The molecule has 0 fully saturated rings. The molecule has 0 unspecified atom stereocenters. The van der Waals surface area contributed by atoms with Crippen molar-refractivity contribution in [3.63, 3.8) is 0 Å². The van der Waals surface area contributed by atoms with Crippen molar-refractivity contribution >= 4 is 29.1 Å². The van der Waals surface area contributed by atoms with E-state index in [0.29, 0.717) is 23.8 Å². The zero-order valence-corrected chi connectivity index (χ0v) is 16.7. The van der Waals surface area contributed by atoms with Gasteiger partial charge in [0.25, 0.3) is 5.91 Å². The zero-order valence-electron chi connectivity index (χ0n) is 15.9. The molecule has 0 saturated heterocycles. The van der Waals surface area contributed by atoms with E-state index in [1.165, 1.54) is 49.4 Å². The maximum Gasteiger partial charge on any atom is 0.254 e. The van der Waals surface area contributed by atoms with E-state index in [0.717, 1.165) is 6.42 Å². The van der Waals surface area contributed by atoms with Crippen molar-refractivity contribution in [1.82, 2.24) is 4.90 Å². The smallest absolute Gasteiger partial charge is 0.254 e. The van der Waals surface area contributed by atoms with Crippen LogP contribution in [0.25, 0.3) is 0 Å². The second-order valence-corrected chi connectivity index (χ2v) is 6.46. The molecule has 2 amide bonds. The predicted molar refractivity (Wildman–Crippen MR) is 106 cm³/mol. The fourth-order valence-corrected chi connectivity index (χ4v) is 2.73. The van der Waals surface area contributed by atoms with Gasteiger partial charge in [-0.3, -0.25) is 9.59 Å². The lowest BCUT2D eigenvalue weighted by Crippen LogP contribution is -2.35. The molecule has 0 bridgehead atoms. The van der Waals surface area contributed by atoms with E-state index >= 15 is 0 Å². The Morgan fingerprint density at radius 2 is 2.00 bits per heavy atom. The number of rotatable bonds is 8. The van der Waals surface area contributed by atoms with Gasteiger partial charge in [0.15, 0.2) is 11.5 Å². The van der Waals surface area contributed by atoms with Crippen molar-refractivity contribution in [3.05, 3.63) is 52.8 Å². The summed E-state index contributed by atoms with van der Waals surface area (Å²) in [5.74, 6) is -0.635. The molecule has 2 rings (SSSR count). The molecule has 2 aromatic rings. The number of amides is 2. The molecule has 0 atom stereocenters. The molecular weight excluding hydrogens is 387 g/mol. The fraction of sp³-hybridized carbons (Fsp3) is 0.300. The Kier molecular flexibility index (Phi) is 7.63. The third-order valence-corrected chi connectivity index (χ3v) is 4.04. The number of likely N-dealkylation sites (N-methyl/N-ethyl adjacent to an activating group) is 1. The predicted octanol–water partition coefficient (Wildman–Crippen LogP) is 3.99. The summed E-state index contributed by atoms with van der Waals surface area (Å²) in [6, 6.07) is 8.49. The van der Waals surface area contributed by atoms with Crippen LogP contribution >= 0.6 is 11.6 Å². The van der Waals surface area contributed by atoms with E-state index in [1.54, 1.807) is 6.07 Å². The molecule has 6 nitrogen and oxygen atoms in total. The van der Waals surface area contributed by atoms with Crippen LogP contribution in [-0.2, 0) is 4.79 Å². The largest absolute Gasteiger partial charge is 0.493 e. The number of carbonyl (C=O) groups excluding carboxylic acids is 2. The highest BCUT2D eigenvalue weighted by atomic mass is 35.5. The molecule has 0 spiro atoms. The highest BCUT2D eigenvalue weighted by Crippen LogP contribution is 2.36. The van der Waals surface area contributed by atoms with E-state index in [1.807, 2.05) is 6.92 Å². The van der Waals surface area contributed by atoms with Gasteiger partial charge in [-0.05, 0) is 36.8 Å². The molecular formula is C20H22ClFN2O4. The fourth-order valence-electron chi connectivity index (χ4n) is 2.46. The molecule has 0 heterocycles. The maximum atomic E-state index is 13.2. The van der Waals surface area contributed by atoms with Crippen LogP contribution in [-0.4, -0.2) is 44.0 Å². The zero-order chi connectivity index (χ0) is 20.7. The van der Waals surface area contributed by atoms with Crippen LogP contribution in [0.5, 0.6) is 11.5 Å². The normalized spacial score (nSPS) is 10.3. The minimum Gasteiger partial charge on any atom is -0.493 e. The van der Waals surface area contributed by atoms with Crippen LogP contribution in [0.3, 0.4) is 0 Å². The number of halogens is 2. The first kappa shape index (κ1) is 21.5. The van der Waals surface area contributed by atoms with Gasteiger partial charge in [-0.1, -0.05) is 24.6 Å². The van der Waals surface area contributed by atoms with Crippen LogP contribution in [0, 0.1) is 5.82 Å². The first-order valence-corrected chi connectivity index (χ1v) is 9.04. The maximum absolute atomic E-state index is 13.2. The topological polar surface area (TPSA) is 67.9 Å². The van der Waals surface area contributed by atoms with E-state index in [-0.39, 0.29) is 17.1 Å². The Hall–Kier alpha value is -2.80. The molecule has 28 heavy (non-hydrogen) atoms. The number of hydrogen-bond acceptors (Lipinski definition) is 4. The number of nitrogens with one attached hydrogen (secondary N) is 1. The van der Waals surface area contributed by atoms with Gasteiger partial charge >= 0.3 is 0 Å². The van der Waals surface area contributed by atoms with Gasteiger partial charge in [0, 0.05) is 18.3 Å². The summed E-state index contributed by atoms with van der Waals surface area (Å²) in [5, 5.41) is 2.79. The summed E-state index contributed by atoms with van der Waals surface area (Å²) in [4.78, 5) is 26.0. The Bertz CT molecular complexity index is 860. The van der Waals surface area contributed by atoms with E-state index in [9.17, 15) is 14.0 Å². The Labute approximate surface area is 168 Å². The quantitative estimate of drug-likeness (QED) is 0.717. The number of methoxy groups -OCH3 is 1. The number of nitrogens with zero attached hydrogens (tertiary/aromatic N) is 1. The number of hydrogen-bond donors (Lipinski definition) is 1. The van der Waals surface area contributed by atoms with Gasteiger partial charge < -0.3 is 19.7 Å². The lowest BCUT2D eigenvalue weighted by atomic mass is 10.1. The summed E-state index contributed by atoms with van der Waals surface area (Å²) in [5.41, 5.74) is 0.569.